The molecule has 6 nitrogen and oxygen atoms in total. The first-order chi connectivity index (χ1) is 9.33. The Balaban J connectivity index is 2.61. The van der Waals surface area contributed by atoms with E-state index in [1.54, 1.807) is 0 Å². The Kier molecular flexibility index (Phi) is 6.14. The molecule has 0 aromatic rings. The number of hydrogen-bond acceptors (Lipinski definition) is 3. The summed E-state index contributed by atoms with van der Waals surface area (Å²) in [6.45, 7) is 7.34. The highest BCUT2D eigenvalue weighted by atomic mass is 16.6. The number of amides is 1. The van der Waals surface area contributed by atoms with Crippen molar-refractivity contribution in [2.75, 3.05) is 0 Å². The number of nitrogens with zero attached hydrogens (tertiary/aromatic N) is 3. The van der Waals surface area contributed by atoms with Crippen LogP contribution in [0.15, 0.2) is 5.11 Å². The van der Waals surface area contributed by atoms with Gasteiger partial charge in [0, 0.05) is 11.0 Å². The molecule has 20 heavy (non-hydrogen) atoms. The second-order valence-electron chi connectivity index (χ2n) is 6.53. The second kappa shape index (κ2) is 7.39. The topological polar surface area (TPSA) is 87.1 Å². The molecule has 114 valence electrons. The highest BCUT2D eigenvalue weighted by Crippen LogP contribution is 2.29. The summed E-state index contributed by atoms with van der Waals surface area (Å²) >= 11 is 0. The predicted octanol–water partition coefficient (Wildman–Crippen LogP) is 4.16. The summed E-state index contributed by atoms with van der Waals surface area (Å²) in [5.41, 5.74) is 8.23. The van der Waals surface area contributed by atoms with Gasteiger partial charge >= 0.3 is 6.09 Å². The lowest BCUT2D eigenvalue weighted by Gasteiger charge is -2.32. The van der Waals surface area contributed by atoms with Crippen molar-refractivity contribution in [3.63, 3.8) is 0 Å². The Morgan fingerprint density at radius 2 is 1.95 bits per heavy atom. The maximum absolute atomic E-state index is 11.8. The first kappa shape index (κ1) is 16.6. The zero-order valence-electron chi connectivity index (χ0n) is 12.9. The highest BCUT2D eigenvalue weighted by molar-refractivity contribution is 5.68. The SMILES string of the molecule is CC(NC(=O)OC(C)(C)C)C(N=[N+]=[N-])C1CCCCC1. The summed E-state index contributed by atoms with van der Waals surface area (Å²) in [7, 11) is 0. The van der Waals surface area contributed by atoms with E-state index in [2.05, 4.69) is 15.3 Å². The Morgan fingerprint density at radius 3 is 2.45 bits per heavy atom. The molecular formula is C14H26N4O2. The van der Waals surface area contributed by atoms with E-state index < -0.39 is 11.7 Å². The van der Waals surface area contributed by atoms with Crippen molar-refractivity contribution in [2.45, 2.75) is 77.5 Å². The largest absolute Gasteiger partial charge is 0.444 e. The zero-order chi connectivity index (χ0) is 15.2. The number of alkyl carbamates (subject to hydrolysis) is 1. The van der Waals surface area contributed by atoms with Gasteiger partial charge in [-0.2, -0.15) is 0 Å². The number of carbonyl (C=O) groups excluding carboxylic acids is 1. The molecule has 1 rings (SSSR count). The van der Waals surface area contributed by atoms with E-state index in [4.69, 9.17) is 10.3 Å². The molecule has 0 bridgehead atoms. The molecule has 0 saturated heterocycles. The van der Waals surface area contributed by atoms with Crippen molar-refractivity contribution in [1.82, 2.24) is 5.32 Å². The fourth-order valence-corrected chi connectivity index (χ4v) is 2.72. The quantitative estimate of drug-likeness (QED) is 0.476. The third kappa shape index (κ3) is 5.70. The van der Waals surface area contributed by atoms with E-state index in [0.717, 1.165) is 12.8 Å². The maximum atomic E-state index is 11.8. The van der Waals surface area contributed by atoms with Crippen LogP contribution in [0, 0.1) is 5.92 Å². The van der Waals surface area contributed by atoms with Gasteiger partial charge in [-0.1, -0.05) is 24.4 Å². The number of rotatable bonds is 4. The van der Waals surface area contributed by atoms with Crippen molar-refractivity contribution in [3.05, 3.63) is 10.4 Å². The molecule has 1 fully saturated rings. The van der Waals surface area contributed by atoms with Gasteiger partial charge in [-0.25, -0.2) is 4.79 Å². The average molecular weight is 282 g/mol. The van der Waals surface area contributed by atoms with Gasteiger partial charge in [-0.05, 0) is 52.0 Å². The van der Waals surface area contributed by atoms with Crippen molar-refractivity contribution >= 4 is 6.09 Å². The molecule has 1 saturated carbocycles. The van der Waals surface area contributed by atoms with Crippen LogP contribution < -0.4 is 5.32 Å². The second-order valence-corrected chi connectivity index (χ2v) is 6.53. The maximum Gasteiger partial charge on any atom is 0.407 e. The van der Waals surface area contributed by atoms with Gasteiger partial charge in [0.15, 0.2) is 0 Å². The summed E-state index contributed by atoms with van der Waals surface area (Å²) in [5.74, 6) is 0.351. The molecule has 0 aromatic heterocycles. The summed E-state index contributed by atoms with van der Waals surface area (Å²) in [5, 5.41) is 6.70. The van der Waals surface area contributed by atoms with E-state index in [1.165, 1.54) is 19.3 Å². The van der Waals surface area contributed by atoms with Gasteiger partial charge in [0.05, 0.1) is 6.04 Å². The normalized spacial score (nSPS) is 19.6. The molecule has 1 amide bonds. The van der Waals surface area contributed by atoms with Crippen LogP contribution in [0.2, 0.25) is 0 Å². The number of carbonyl (C=O) groups is 1. The van der Waals surface area contributed by atoms with Gasteiger partial charge in [0.2, 0.25) is 0 Å². The average Bonchev–Trinajstić information content (AvgIpc) is 2.34. The number of nitrogens with one attached hydrogen (secondary N) is 1. The fourth-order valence-electron chi connectivity index (χ4n) is 2.72. The predicted molar refractivity (Wildman–Crippen MR) is 78.3 cm³/mol. The molecule has 0 aliphatic heterocycles. The molecule has 0 heterocycles. The fraction of sp³-hybridized carbons (Fsp3) is 0.929. The van der Waals surface area contributed by atoms with Crippen molar-refractivity contribution in [2.24, 2.45) is 11.0 Å². The Labute approximate surface area is 120 Å². The summed E-state index contributed by atoms with van der Waals surface area (Å²) < 4.78 is 5.24. The third-order valence-corrected chi connectivity index (χ3v) is 3.57. The van der Waals surface area contributed by atoms with Crippen LogP contribution in [-0.2, 0) is 4.74 Å². The summed E-state index contributed by atoms with van der Waals surface area (Å²) in [4.78, 5) is 14.7. The van der Waals surface area contributed by atoms with Crippen LogP contribution in [0.4, 0.5) is 4.79 Å². The summed E-state index contributed by atoms with van der Waals surface area (Å²) in [6.07, 6.45) is 5.24. The monoisotopic (exact) mass is 282 g/mol. The van der Waals surface area contributed by atoms with E-state index >= 15 is 0 Å². The first-order valence-corrected chi connectivity index (χ1v) is 7.37. The van der Waals surface area contributed by atoms with E-state index in [-0.39, 0.29) is 12.1 Å². The molecule has 6 heteroatoms. The molecule has 0 spiro atoms. The lowest BCUT2D eigenvalue weighted by Crippen LogP contribution is -2.45. The number of azide groups is 1. The Bertz CT molecular complexity index is 366. The molecule has 2 unspecified atom stereocenters. The van der Waals surface area contributed by atoms with Crippen LogP contribution in [0.5, 0.6) is 0 Å². The van der Waals surface area contributed by atoms with Crippen molar-refractivity contribution in [1.29, 1.82) is 0 Å². The first-order valence-electron chi connectivity index (χ1n) is 7.37. The van der Waals surface area contributed by atoms with Crippen LogP contribution in [0.1, 0.15) is 59.8 Å². The minimum Gasteiger partial charge on any atom is -0.444 e. The summed E-state index contributed by atoms with van der Waals surface area (Å²) in [6, 6.07) is -0.420. The van der Waals surface area contributed by atoms with Crippen LogP contribution in [-0.4, -0.2) is 23.8 Å². The Hall–Kier alpha value is -1.42. The highest BCUT2D eigenvalue weighted by Gasteiger charge is 2.29. The van der Waals surface area contributed by atoms with Gasteiger partial charge in [0.25, 0.3) is 0 Å². The zero-order valence-corrected chi connectivity index (χ0v) is 12.9. The van der Waals surface area contributed by atoms with Gasteiger partial charge in [-0.3, -0.25) is 0 Å². The molecule has 0 aromatic carbocycles. The van der Waals surface area contributed by atoms with Gasteiger partial charge < -0.3 is 10.1 Å². The molecule has 0 radical (unpaired) electrons. The van der Waals surface area contributed by atoms with E-state index in [1.807, 2.05) is 27.7 Å². The molecular weight excluding hydrogens is 256 g/mol. The molecule has 2 atom stereocenters. The Morgan fingerprint density at radius 1 is 1.35 bits per heavy atom. The van der Waals surface area contributed by atoms with Crippen LogP contribution in [0.3, 0.4) is 0 Å². The van der Waals surface area contributed by atoms with E-state index in [9.17, 15) is 4.79 Å². The minimum atomic E-state index is -0.525. The molecule has 1 aliphatic rings. The lowest BCUT2D eigenvalue weighted by atomic mass is 9.82. The van der Waals surface area contributed by atoms with Crippen molar-refractivity contribution in [3.8, 4) is 0 Å². The smallest absolute Gasteiger partial charge is 0.407 e. The standard InChI is InChI=1S/C14H26N4O2/c1-10(16-13(19)20-14(2,3)4)12(17-18-15)11-8-6-5-7-9-11/h10-12H,5-9H2,1-4H3,(H,16,19). The van der Waals surface area contributed by atoms with Crippen LogP contribution >= 0.6 is 0 Å². The minimum absolute atomic E-state index is 0.201. The van der Waals surface area contributed by atoms with E-state index in [0.29, 0.717) is 5.92 Å². The van der Waals surface area contributed by atoms with Crippen LogP contribution in [0.25, 0.3) is 10.4 Å². The van der Waals surface area contributed by atoms with Gasteiger partial charge in [-0.15, -0.1) is 0 Å². The van der Waals surface area contributed by atoms with Crippen molar-refractivity contribution < 1.29 is 9.53 Å². The molecule has 1 N–H and O–H groups in total. The third-order valence-electron chi connectivity index (χ3n) is 3.57. The lowest BCUT2D eigenvalue weighted by molar-refractivity contribution is 0.0492. The molecule has 1 aliphatic carbocycles. The number of hydrogen-bond donors (Lipinski definition) is 1. The van der Waals surface area contributed by atoms with Gasteiger partial charge in [0.1, 0.15) is 5.60 Å². The number of ether oxygens (including phenoxy) is 1.